The monoisotopic (exact) mass is 348 g/mol. The van der Waals surface area contributed by atoms with Crippen molar-refractivity contribution >= 4 is 45.3 Å². The first kappa shape index (κ1) is 15.5. The van der Waals surface area contributed by atoms with E-state index >= 15 is 0 Å². The summed E-state index contributed by atoms with van der Waals surface area (Å²) in [4.78, 5) is 33.2. The van der Waals surface area contributed by atoms with Gasteiger partial charge in [0.05, 0.1) is 17.1 Å². The topological polar surface area (TPSA) is 95.5 Å². The van der Waals surface area contributed by atoms with E-state index in [9.17, 15) is 14.4 Å². The number of nitrogens with one attached hydrogen (secondary N) is 2. The molecule has 0 aliphatic heterocycles. The summed E-state index contributed by atoms with van der Waals surface area (Å²) in [5.74, 6) is -2.27. The molecule has 0 atom stereocenters. The minimum absolute atomic E-state index is 0.224. The van der Waals surface area contributed by atoms with Gasteiger partial charge in [-0.3, -0.25) is 14.4 Å². The molecule has 1 aromatic rings. The van der Waals surface area contributed by atoms with Crippen LogP contribution in [0.4, 0.5) is 0 Å². The van der Waals surface area contributed by atoms with E-state index in [-0.39, 0.29) is 17.1 Å². The largest absolute Gasteiger partial charge is 0.480 e. The number of benzene rings is 1. The Labute approximate surface area is 122 Å². The zero-order chi connectivity index (χ0) is 14.4. The van der Waals surface area contributed by atoms with Crippen LogP contribution in [0, 0.1) is 0 Å². The van der Waals surface area contributed by atoms with Gasteiger partial charge in [-0.25, -0.2) is 0 Å². The molecule has 0 radical (unpaired) electrons. The van der Waals surface area contributed by atoms with Gasteiger partial charge in [-0.2, -0.15) is 0 Å². The molecule has 0 unspecified atom stereocenters. The molecule has 1 rings (SSSR count). The number of hydrogen-bond acceptors (Lipinski definition) is 3. The zero-order valence-corrected chi connectivity index (χ0v) is 11.9. The van der Waals surface area contributed by atoms with Gasteiger partial charge in [0.1, 0.15) is 6.54 Å². The molecule has 0 saturated carbocycles. The maximum absolute atomic E-state index is 11.7. The molecule has 0 fully saturated rings. The number of rotatable bonds is 5. The molecule has 102 valence electrons. The van der Waals surface area contributed by atoms with Crippen molar-refractivity contribution in [3.8, 4) is 0 Å². The van der Waals surface area contributed by atoms with Crippen LogP contribution in [0.2, 0.25) is 5.02 Å². The van der Waals surface area contributed by atoms with Gasteiger partial charge in [-0.05, 0) is 28.1 Å². The van der Waals surface area contributed by atoms with Crippen molar-refractivity contribution in [3.63, 3.8) is 0 Å². The predicted octanol–water partition coefficient (Wildman–Crippen LogP) is 1.03. The van der Waals surface area contributed by atoms with E-state index in [4.69, 9.17) is 16.7 Å². The van der Waals surface area contributed by atoms with Crippen LogP contribution in [0.5, 0.6) is 0 Å². The Morgan fingerprint density at radius 3 is 2.53 bits per heavy atom. The second kappa shape index (κ2) is 7.10. The molecule has 0 aliphatic carbocycles. The summed E-state index contributed by atoms with van der Waals surface area (Å²) in [6.07, 6.45) is 0. The van der Waals surface area contributed by atoms with Crippen molar-refractivity contribution in [3.05, 3.63) is 33.3 Å². The molecule has 0 aliphatic rings. The van der Waals surface area contributed by atoms with E-state index in [0.29, 0.717) is 4.47 Å². The quantitative estimate of drug-likeness (QED) is 0.740. The molecule has 1 aromatic carbocycles. The van der Waals surface area contributed by atoms with Gasteiger partial charge >= 0.3 is 5.97 Å². The molecule has 0 spiro atoms. The summed E-state index contributed by atoms with van der Waals surface area (Å²) in [6, 6.07) is 4.83. The molecule has 0 saturated heterocycles. The van der Waals surface area contributed by atoms with Crippen LogP contribution in [-0.2, 0) is 9.59 Å². The van der Waals surface area contributed by atoms with Gasteiger partial charge in [0.2, 0.25) is 5.91 Å². The highest BCUT2D eigenvalue weighted by Gasteiger charge is 2.13. The average Bonchev–Trinajstić information content (AvgIpc) is 2.36. The first-order valence-electron chi connectivity index (χ1n) is 5.12. The standard InChI is InChI=1S/C11H10BrClN2O4/c12-7-3-1-2-6(10(7)13)11(19)15-4-8(16)14-5-9(17)18/h1-3H,4-5H2,(H,14,16)(H,15,19)(H,17,18). The lowest BCUT2D eigenvalue weighted by Crippen LogP contribution is -2.39. The number of carboxylic acid groups (broad SMARTS) is 1. The third kappa shape index (κ3) is 4.88. The molecule has 0 bridgehead atoms. The number of carbonyl (C=O) groups is 3. The number of halogens is 2. The van der Waals surface area contributed by atoms with E-state index in [1.165, 1.54) is 6.07 Å². The third-order valence-corrected chi connectivity index (χ3v) is 3.34. The predicted molar refractivity (Wildman–Crippen MR) is 72.1 cm³/mol. The van der Waals surface area contributed by atoms with Crippen molar-refractivity contribution in [2.75, 3.05) is 13.1 Å². The van der Waals surface area contributed by atoms with Gasteiger partial charge in [0, 0.05) is 4.47 Å². The number of hydrogen-bond donors (Lipinski definition) is 3. The van der Waals surface area contributed by atoms with Crippen LogP contribution in [0.1, 0.15) is 10.4 Å². The summed E-state index contributed by atoms with van der Waals surface area (Å²) in [5.41, 5.74) is 0.224. The zero-order valence-electron chi connectivity index (χ0n) is 9.57. The molecule has 0 heterocycles. The molecule has 0 aromatic heterocycles. The van der Waals surface area contributed by atoms with Crippen molar-refractivity contribution in [1.29, 1.82) is 0 Å². The molecule has 6 nitrogen and oxygen atoms in total. The van der Waals surface area contributed by atoms with Crippen molar-refractivity contribution in [2.45, 2.75) is 0 Å². The Morgan fingerprint density at radius 2 is 1.89 bits per heavy atom. The van der Waals surface area contributed by atoms with Gasteiger partial charge in [0.15, 0.2) is 0 Å². The maximum Gasteiger partial charge on any atom is 0.322 e. The Kier molecular flexibility index (Phi) is 5.78. The Bertz CT molecular complexity index is 521. The van der Waals surface area contributed by atoms with Gasteiger partial charge in [0.25, 0.3) is 5.91 Å². The fraction of sp³-hybridized carbons (Fsp3) is 0.182. The maximum atomic E-state index is 11.7. The number of carboxylic acids is 1. The lowest BCUT2D eigenvalue weighted by atomic mass is 10.2. The lowest BCUT2D eigenvalue weighted by molar-refractivity contribution is -0.137. The van der Waals surface area contributed by atoms with Gasteiger partial charge in [-0.1, -0.05) is 17.7 Å². The van der Waals surface area contributed by atoms with Gasteiger partial charge < -0.3 is 15.7 Å². The van der Waals surface area contributed by atoms with Gasteiger partial charge in [-0.15, -0.1) is 0 Å². The van der Waals surface area contributed by atoms with Crippen molar-refractivity contribution in [2.24, 2.45) is 0 Å². The first-order chi connectivity index (χ1) is 8.91. The fourth-order valence-corrected chi connectivity index (χ4v) is 1.75. The second-order valence-corrected chi connectivity index (χ2v) is 4.69. The summed E-state index contributed by atoms with van der Waals surface area (Å²) in [5, 5.41) is 13.1. The minimum atomic E-state index is -1.16. The second-order valence-electron chi connectivity index (χ2n) is 3.45. The molecule has 19 heavy (non-hydrogen) atoms. The summed E-state index contributed by atoms with van der Waals surface area (Å²) in [6.45, 7) is -0.818. The van der Waals surface area contributed by atoms with E-state index < -0.39 is 24.3 Å². The van der Waals surface area contributed by atoms with Crippen LogP contribution in [0.3, 0.4) is 0 Å². The van der Waals surface area contributed by atoms with Crippen molar-refractivity contribution in [1.82, 2.24) is 10.6 Å². The van der Waals surface area contributed by atoms with Crippen LogP contribution in [-0.4, -0.2) is 36.0 Å². The van der Waals surface area contributed by atoms with E-state index in [1.54, 1.807) is 12.1 Å². The Morgan fingerprint density at radius 1 is 1.21 bits per heavy atom. The third-order valence-electron chi connectivity index (χ3n) is 2.04. The Balaban J connectivity index is 2.54. The van der Waals surface area contributed by atoms with Crippen molar-refractivity contribution < 1.29 is 19.5 Å². The van der Waals surface area contributed by atoms with E-state index in [1.807, 2.05) is 0 Å². The van der Waals surface area contributed by atoms with E-state index in [2.05, 4.69) is 26.6 Å². The molecular weight excluding hydrogens is 339 g/mol. The normalized spacial score (nSPS) is 9.79. The van der Waals surface area contributed by atoms with Crippen LogP contribution >= 0.6 is 27.5 Å². The highest BCUT2D eigenvalue weighted by Crippen LogP contribution is 2.25. The lowest BCUT2D eigenvalue weighted by Gasteiger charge is -2.07. The first-order valence-corrected chi connectivity index (χ1v) is 6.29. The summed E-state index contributed by atoms with van der Waals surface area (Å²) >= 11 is 9.10. The smallest absolute Gasteiger partial charge is 0.322 e. The van der Waals surface area contributed by atoms with E-state index in [0.717, 1.165) is 0 Å². The average molecular weight is 350 g/mol. The minimum Gasteiger partial charge on any atom is -0.480 e. The SMILES string of the molecule is O=C(O)CNC(=O)CNC(=O)c1cccc(Br)c1Cl. The number of carbonyl (C=O) groups excluding carboxylic acids is 2. The summed E-state index contributed by atoms with van der Waals surface area (Å²) in [7, 11) is 0. The highest BCUT2D eigenvalue weighted by atomic mass is 79.9. The fourth-order valence-electron chi connectivity index (χ4n) is 1.17. The summed E-state index contributed by atoms with van der Waals surface area (Å²) < 4.78 is 0.567. The van der Waals surface area contributed by atoms with Crippen LogP contribution < -0.4 is 10.6 Å². The molecular formula is C11H10BrClN2O4. The Hall–Kier alpha value is -1.60. The molecule has 2 amide bonds. The highest BCUT2D eigenvalue weighted by molar-refractivity contribution is 9.10. The van der Waals surface area contributed by atoms with Crippen LogP contribution in [0.15, 0.2) is 22.7 Å². The number of aliphatic carboxylic acids is 1. The molecule has 8 heteroatoms. The molecule has 3 N–H and O–H groups in total. The van der Waals surface area contributed by atoms with Crippen LogP contribution in [0.25, 0.3) is 0 Å². The number of amides is 2.